The fourth-order valence-electron chi connectivity index (χ4n) is 2.78. The zero-order valence-corrected chi connectivity index (χ0v) is 25.5. The lowest BCUT2D eigenvalue weighted by atomic mass is 10.2. The predicted molar refractivity (Wildman–Crippen MR) is 147 cm³/mol. The summed E-state index contributed by atoms with van der Waals surface area (Å²) in [5.41, 5.74) is -0.569. The zero-order chi connectivity index (χ0) is 30.2. The van der Waals surface area contributed by atoms with E-state index in [-0.39, 0.29) is 44.5 Å². The average molecular weight is 592 g/mol. The van der Waals surface area contributed by atoms with E-state index in [2.05, 4.69) is 0 Å². The third-order valence-corrected chi connectivity index (χ3v) is 5.91. The highest BCUT2D eigenvalue weighted by atomic mass is 32.2. The highest BCUT2D eigenvalue weighted by Crippen LogP contribution is 2.15. The van der Waals surface area contributed by atoms with Gasteiger partial charge in [0.2, 0.25) is 0 Å². The summed E-state index contributed by atoms with van der Waals surface area (Å²) in [7, 11) is -3.80. The van der Waals surface area contributed by atoms with Crippen molar-refractivity contribution in [3.8, 4) is 0 Å². The number of benzene rings is 1. The second-order valence-corrected chi connectivity index (χ2v) is 12.3. The van der Waals surface area contributed by atoms with E-state index >= 15 is 0 Å². The Labute approximate surface area is 238 Å². The number of carbonyl (C=O) groups excluding carboxylic acids is 2. The van der Waals surface area contributed by atoms with Gasteiger partial charge in [0.1, 0.15) is 11.2 Å². The Morgan fingerprint density at radius 2 is 1.02 bits per heavy atom. The number of ether oxygens (including phenoxy) is 6. The molecule has 0 unspecified atom stereocenters. The molecule has 0 bridgehead atoms. The van der Waals surface area contributed by atoms with E-state index in [0.717, 1.165) is 10.5 Å². The molecule has 0 fully saturated rings. The van der Waals surface area contributed by atoms with E-state index in [1.165, 1.54) is 12.1 Å². The number of carbonyl (C=O) groups is 2. The maximum Gasteiger partial charge on any atom is 0.419 e. The highest BCUT2D eigenvalue weighted by molar-refractivity contribution is 7.86. The van der Waals surface area contributed by atoms with Crippen LogP contribution in [0, 0.1) is 6.92 Å². The van der Waals surface area contributed by atoms with Crippen LogP contribution in [0.5, 0.6) is 0 Å². The number of amides is 2. The van der Waals surface area contributed by atoms with Crippen LogP contribution in [0.2, 0.25) is 0 Å². The van der Waals surface area contributed by atoms with E-state index < -0.39 is 33.5 Å². The van der Waals surface area contributed by atoms with Crippen molar-refractivity contribution >= 4 is 22.3 Å². The summed E-state index contributed by atoms with van der Waals surface area (Å²) >= 11 is 0. The van der Waals surface area contributed by atoms with Crippen molar-refractivity contribution in [2.45, 2.75) is 64.6 Å². The molecule has 0 heterocycles. The van der Waals surface area contributed by atoms with Gasteiger partial charge >= 0.3 is 12.2 Å². The molecule has 1 aromatic rings. The van der Waals surface area contributed by atoms with Crippen LogP contribution in [0.25, 0.3) is 0 Å². The quantitative estimate of drug-likeness (QED) is 0.192. The van der Waals surface area contributed by atoms with Gasteiger partial charge in [-0.1, -0.05) is 17.7 Å². The fourth-order valence-corrected chi connectivity index (χ4v) is 3.68. The Morgan fingerprint density at radius 3 is 1.43 bits per heavy atom. The summed E-state index contributed by atoms with van der Waals surface area (Å²) in [5.74, 6) is 0. The molecule has 12 nitrogen and oxygen atoms in total. The van der Waals surface area contributed by atoms with Crippen molar-refractivity contribution in [3.63, 3.8) is 0 Å². The second kappa shape index (κ2) is 17.5. The van der Waals surface area contributed by atoms with Crippen molar-refractivity contribution in [3.05, 3.63) is 29.8 Å². The molecule has 1 rings (SSSR count). The van der Waals surface area contributed by atoms with Crippen molar-refractivity contribution in [1.82, 2.24) is 4.90 Å². The number of nitrogens with zero attached hydrogens (tertiary/aromatic N) is 1. The van der Waals surface area contributed by atoms with Crippen molar-refractivity contribution in [1.29, 1.82) is 0 Å². The number of rotatable bonds is 17. The Balaban J connectivity index is 2.10. The van der Waals surface area contributed by atoms with E-state index in [9.17, 15) is 18.0 Å². The smallest absolute Gasteiger partial charge is 0.419 e. The summed E-state index contributed by atoms with van der Waals surface area (Å²) in [5, 5.41) is 0. The van der Waals surface area contributed by atoms with Gasteiger partial charge in [0.15, 0.2) is 0 Å². The third-order valence-electron chi connectivity index (χ3n) is 4.58. The summed E-state index contributed by atoms with van der Waals surface area (Å²) in [6, 6.07) is 6.41. The van der Waals surface area contributed by atoms with Crippen LogP contribution < -0.4 is 0 Å². The molecule has 40 heavy (non-hydrogen) atoms. The zero-order valence-electron chi connectivity index (χ0n) is 24.7. The van der Waals surface area contributed by atoms with Crippen LogP contribution in [-0.2, 0) is 42.7 Å². The molecule has 0 aromatic heterocycles. The first-order chi connectivity index (χ1) is 18.6. The number of aryl methyl sites for hydroxylation is 1. The fraction of sp³-hybridized carbons (Fsp3) is 0.704. The summed E-state index contributed by atoms with van der Waals surface area (Å²) in [6.45, 7) is 14.0. The molecule has 2 amide bonds. The molecule has 13 heteroatoms. The van der Waals surface area contributed by atoms with Gasteiger partial charge in [0.25, 0.3) is 10.1 Å². The maximum absolute atomic E-state index is 12.4. The largest absolute Gasteiger partial charge is 0.443 e. The third kappa shape index (κ3) is 16.7. The summed E-state index contributed by atoms with van der Waals surface area (Å²) in [6.07, 6.45) is -1.61. The monoisotopic (exact) mass is 591 g/mol. The van der Waals surface area contributed by atoms with Gasteiger partial charge in [-0.3, -0.25) is 4.18 Å². The van der Waals surface area contributed by atoms with Crippen molar-refractivity contribution in [2.75, 3.05) is 66.0 Å². The average Bonchev–Trinajstić information content (AvgIpc) is 2.81. The van der Waals surface area contributed by atoms with Gasteiger partial charge in [-0.2, -0.15) is 8.42 Å². The molecule has 0 aliphatic carbocycles. The lowest BCUT2D eigenvalue weighted by Gasteiger charge is -2.28. The first kappa shape index (κ1) is 35.7. The van der Waals surface area contributed by atoms with Gasteiger partial charge in [-0.25, -0.2) is 14.5 Å². The van der Waals surface area contributed by atoms with Crippen LogP contribution >= 0.6 is 0 Å². The lowest BCUT2D eigenvalue weighted by Crippen LogP contribution is -2.45. The number of hydrogen-bond donors (Lipinski definition) is 0. The standard InChI is InChI=1S/C27H45NO11S/c1-22-8-10-23(11-9-22)40(31,32)37-21-20-36-19-18-35-17-16-34-15-14-33-13-12-28(24(29)38-26(2,3)4)25(30)39-27(5,6)7/h8-11H,12-21H2,1-7H3. The van der Waals surface area contributed by atoms with Crippen molar-refractivity contribution < 1.29 is 50.6 Å². The first-order valence-electron chi connectivity index (χ1n) is 13.1. The minimum Gasteiger partial charge on any atom is -0.443 e. The molecule has 0 N–H and O–H groups in total. The van der Waals surface area contributed by atoms with Gasteiger partial charge in [-0.15, -0.1) is 0 Å². The Morgan fingerprint density at radius 1 is 0.650 bits per heavy atom. The maximum atomic E-state index is 12.4. The molecule has 0 saturated carbocycles. The highest BCUT2D eigenvalue weighted by Gasteiger charge is 2.30. The minimum atomic E-state index is -3.80. The molecule has 0 aliphatic rings. The van der Waals surface area contributed by atoms with E-state index in [1.807, 2.05) is 6.92 Å². The molecular formula is C27H45NO11S. The topological polar surface area (TPSA) is 136 Å². The molecular weight excluding hydrogens is 546 g/mol. The lowest BCUT2D eigenvalue weighted by molar-refractivity contribution is -0.0150. The predicted octanol–water partition coefficient (Wildman–Crippen LogP) is 3.94. The van der Waals surface area contributed by atoms with Crippen LogP contribution in [0.15, 0.2) is 29.2 Å². The number of imide groups is 1. The molecule has 0 radical (unpaired) electrons. The minimum absolute atomic E-state index is 0.0319. The van der Waals surface area contributed by atoms with Gasteiger partial charge < -0.3 is 28.4 Å². The first-order valence-corrected chi connectivity index (χ1v) is 14.5. The molecule has 1 aromatic carbocycles. The van der Waals surface area contributed by atoms with E-state index in [0.29, 0.717) is 26.4 Å². The Kier molecular flexibility index (Phi) is 15.6. The van der Waals surface area contributed by atoms with Crippen LogP contribution in [0.1, 0.15) is 47.1 Å². The SMILES string of the molecule is Cc1ccc(S(=O)(=O)OCCOCCOCCOCCOCCN(C(=O)OC(C)(C)C)C(=O)OC(C)(C)C)cc1. The van der Waals surface area contributed by atoms with Crippen LogP contribution in [0.3, 0.4) is 0 Å². The van der Waals surface area contributed by atoms with Crippen molar-refractivity contribution in [2.24, 2.45) is 0 Å². The van der Waals surface area contributed by atoms with Crippen LogP contribution in [0.4, 0.5) is 9.59 Å². The van der Waals surface area contributed by atoms with Gasteiger partial charge in [-0.05, 0) is 60.6 Å². The van der Waals surface area contributed by atoms with Gasteiger partial charge in [0, 0.05) is 0 Å². The molecule has 0 saturated heterocycles. The number of hydrogen-bond acceptors (Lipinski definition) is 11. The van der Waals surface area contributed by atoms with Gasteiger partial charge in [0.05, 0.1) is 70.9 Å². The normalized spacial score (nSPS) is 12.3. The van der Waals surface area contributed by atoms with Crippen LogP contribution in [-0.4, -0.2) is 103 Å². The Hall–Kier alpha value is -2.29. The van der Waals surface area contributed by atoms with E-state index in [1.54, 1.807) is 53.7 Å². The summed E-state index contributed by atoms with van der Waals surface area (Å²) in [4.78, 5) is 25.8. The molecule has 0 spiro atoms. The Bertz CT molecular complexity index is 955. The summed E-state index contributed by atoms with van der Waals surface area (Å²) < 4.78 is 61.3. The molecule has 0 atom stereocenters. The van der Waals surface area contributed by atoms with E-state index in [4.69, 9.17) is 32.6 Å². The molecule has 0 aliphatic heterocycles. The second-order valence-electron chi connectivity index (χ2n) is 10.7. The molecule has 230 valence electrons.